The summed E-state index contributed by atoms with van der Waals surface area (Å²) in [6.07, 6.45) is 1.11. The summed E-state index contributed by atoms with van der Waals surface area (Å²) in [5, 5.41) is 10.3. The number of nitrogens with zero attached hydrogens (tertiary/aromatic N) is 2. The number of rotatable bonds is 5. The Morgan fingerprint density at radius 1 is 1.67 bits per heavy atom. The van der Waals surface area contributed by atoms with Gasteiger partial charge in [-0.1, -0.05) is 11.8 Å². The van der Waals surface area contributed by atoms with Crippen LogP contribution in [0.15, 0.2) is 5.16 Å². The molecule has 4 N–H and O–H groups in total. The molecule has 0 radical (unpaired) electrons. The topological polar surface area (TPSA) is 79.6 Å². The minimum absolute atomic E-state index is 0.381. The molecule has 0 bridgehead atoms. The molecule has 0 aromatic carbocycles. The molecule has 1 rings (SSSR count). The molecule has 6 heteroatoms. The van der Waals surface area contributed by atoms with E-state index in [-0.39, 0.29) is 0 Å². The van der Waals surface area contributed by atoms with Gasteiger partial charge in [-0.15, -0.1) is 5.10 Å². The van der Waals surface area contributed by atoms with E-state index in [1.807, 2.05) is 7.05 Å². The molecule has 0 aliphatic heterocycles. The van der Waals surface area contributed by atoms with E-state index >= 15 is 0 Å². The zero-order chi connectivity index (χ0) is 8.81. The number of hydrogen-bond donors (Lipinski definition) is 3. The summed E-state index contributed by atoms with van der Waals surface area (Å²) in [6.45, 7) is 1.02. The SMILES string of the molecule is CNCCCSc1n[nH]c(N)n1. The van der Waals surface area contributed by atoms with Crippen LogP contribution in [0.4, 0.5) is 5.95 Å². The third-order valence-corrected chi connectivity index (χ3v) is 2.22. The van der Waals surface area contributed by atoms with Gasteiger partial charge in [-0.05, 0) is 20.0 Å². The van der Waals surface area contributed by atoms with Crippen LogP contribution in [0, 0.1) is 0 Å². The molecular weight excluding hydrogens is 174 g/mol. The van der Waals surface area contributed by atoms with Crippen LogP contribution in [0.3, 0.4) is 0 Å². The molecular formula is C6H13N5S. The molecule has 0 aliphatic rings. The smallest absolute Gasteiger partial charge is 0.216 e. The Labute approximate surface area is 75.5 Å². The average molecular weight is 187 g/mol. The van der Waals surface area contributed by atoms with E-state index < -0.39 is 0 Å². The van der Waals surface area contributed by atoms with Crippen molar-refractivity contribution in [1.29, 1.82) is 0 Å². The second-order valence-electron chi connectivity index (χ2n) is 2.31. The Morgan fingerprint density at radius 2 is 2.50 bits per heavy atom. The number of aromatic amines is 1. The fourth-order valence-corrected chi connectivity index (χ4v) is 1.48. The van der Waals surface area contributed by atoms with Gasteiger partial charge < -0.3 is 11.1 Å². The zero-order valence-electron chi connectivity index (χ0n) is 7.00. The number of nitrogens with two attached hydrogens (primary N) is 1. The van der Waals surface area contributed by atoms with Crippen molar-refractivity contribution in [3.05, 3.63) is 0 Å². The van der Waals surface area contributed by atoms with E-state index in [2.05, 4.69) is 20.5 Å². The highest BCUT2D eigenvalue weighted by Gasteiger charge is 1.99. The summed E-state index contributed by atoms with van der Waals surface area (Å²) >= 11 is 1.61. The fraction of sp³-hybridized carbons (Fsp3) is 0.667. The van der Waals surface area contributed by atoms with Gasteiger partial charge in [0.15, 0.2) is 0 Å². The van der Waals surface area contributed by atoms with Crippen molar-refractivity contribution in [1.82, 2.24) is 20.5 Å². The van der Waals surface area contributed by atoms with Gasteiger partial charge in [0.25, 0.3) is 0 Å². The van der Waals surface area contributed by atoms with Crippen LogP contribution in [0.25, 0.3) is 0 Å². The van der Waals surface area contributed by atoms with Crippen LogP contribution in [0.2, 0.25) is 0 Å². The molecule has 0 unspecified atom stereocenters. The summed E-state index contributed by atoms with van der Waals surface area (Å²) in [5.74, 6) is 1.39. The first-order valence-corrected chi connectivity index (χ1v) is 4.77. The van der Waals surface area contributed by atoms with Crippen LogP contribution in [-0.4, -0.2) is 34.5 Å². The van der Waals surface area contributed by atoms with Gasteiger partial charge in [-0.2, -0.15) is 4.98 Å². The largest absolute Gasteiger partial charge is 0.368 e. The van der Waals surface area contributed by atoms with Gasteiger partial charge >= 0.3 is 0 Å². The highest BCUT2D eigenvalue weighted by molar-refractivity contribution is 7.99. The van der Waals surface area contributed by atoms with E-state index in [4.69, 9.17) is 5.73 Å². The predicted molar refractivity (Wildman–Crippen MR) is 50.1 cm³/mol. The lowest BCUT2D eigenvalue weighted by molar-refractivity contribution is 0.777. The highest BCUT2D eigenvalue weighted by Crippen LogP contribution is 2.12. The molecule has 0 aliphatic carbocycles. The van der Waals surface area contributed by atoms with Gasteiger partial charge in [0, 0.05) is 5.75 Å². The third-order valence-electron chi connectivity index (χ3n) is 1.28. The van der Waals surface area contributed by atoms with Crippen LogP contribution >= 0.6 is 11.8 Å². The Bertz CT molecular complexity index is 223. The normalized spacial score (nSPS) is 10.4. The molecule has 0 amide bonds. The first-order valence-electron chi connectivity index (χ1n) is 3.78. The number of H-pyrrole nitrogens is 1. The second-order valence-corrected chi connectivity index (χ2v) is 3.37. The molecule has 12 heavy (non-hydrogen) atoms. The van der Waals surface area contributed by atoms with Crippen molar-refractivity contribution in [3.8, 4) is 0 Å². The van der Waals surface area contributed by atoms with Crippen LogP contribution in [0.5, 0.6) is 0 Å². The number of thioether (sulfide) groups is 1. The number of nitrogens with one attached hydrogen (secondary N) is 2. The Balaban J connectivity index is 2.15. The minimum Gasteiger partial charge on any atom is -0.368 e. The summed E-state index contributed by atoms with van der Waals surface area (Å²) < 4.78 is 0. The first-order chi connectivity index (χ1) is 5.83. The molecule has 1 aromatic heterocycles. The molecule has 68 valence electrons. The molecule has 1 heterocycles. The van der Waals surface area contributed by atoms with Crippen molar-refractivity contribution in [3.63, 3.8) is 0 Å². The summed E-state index contributed by atoms with van der Waals surface area (Å²) in [6, 6.07) is 0. The van der Waals surface area contributed by atoms with E-state index in [1.165, 1.54) is 0 Å². The van der Waals surface area contributed by atoms with E-state index in [9.17, 15) is 0 Å². The summed E-state index contributed by atoms with van der Waals surface area (Å²) in [4.78, 5) is 3.96. The lowest BCUT2D eigenvalue weighted by Gasteiger charge is -1.95. The lowest BCUT2D eigenvalue weighted by atomic mass is 10.5. The van der Waals surface area contributed by atoms with Crippen molar-refractivity contribution >= 4 is 17.7 Å². The van der Waals surface area contributed by atoms with Crippen molar-refractivity contribution in [2.75, 3.05) is 25.1 Å². The van der Waals surface area contributed by atoms with Crippen molar-refractivity contribution < 1.29 is 0 Å². The van der Waals surface area contributed by atoms with Gasteiger partial charge in [0.2, 0.25) is 11.1 Å². The number of nitrogen functional groups attached to an aromatic ring is 1. The number of hydrogen-bond acceptors (Lipinski definition) is 5. The first kappa shape index (κ1) is 9.34. The minimum atomic E-state index is 0.381. The maximum Gasteiger partial charge on any atom is 0.216 e. The predicted octanol–water partition coefficient (Wildman–Crippen LogP) is 0.0885. The van der Waals surface area contributed by atoms with Gasteiger partial charge in [0.1, 0.15) is 0 Å². The van der Waals surface area contributed by atoms with E-state index in [0.29, 0.717) is 5.95 Å². The second kappa shape index (κ2) is 5.00. The van der Waals surface area contributed by atoms with E-state index in [0.717, 1.165) is 23.9 Å². The number of aromatic nitrogens is 3. The monoisotopic (exact) mass is 187 g/mol. The molecule has 0 spiro atoms. The van der Waals surface area contributed by atoms with Crippen LogP contribution in [0.1, 0.15) is 6.42 Å². The standard InChI is InChI=1S/C6H13N5S/c1-8-3-2-4-12-6-9-5(7)10-11-6/h8H,2-4H2,1H3,(H3,7,9,10,11). The molecule has 0 saturated carbocycles. The average Bonchev–Trinajstić information content (AvgIpc) is 2.45. The molecule has 0 atom stereocenters. The highest BCUT2D eigenvalue weighted by atomic mass is 32.2. The Kier molecular flexibility index (Phi) is 3.89. The van der Waals surface area contributed by atoms with Crippen LogP contribution in [-0.2, 0) is 0 Å². The summed E-state index contributed by atoms with van der Waals surface area (Å²) in [5.41, 5.74) is 5.35. The molecule has 0 saturated heterocycles. The van der Waals surface area contributed by atoms with Crippen molar-refractivity contribution in [2.24, 2.45) is 0 Å². The Morgan fingerprint density at radius 3 is 3.08 bits per heavy atom. The maximum absolute atomic E-state index is 5.35. The number of anilines is 1. The summed E-state index contributed by atoms with van der Waals surface area (Å²) in [7, 11) is 1.94. The third kappa shape index (κ3) is 3.10. The van der Waals surface area contributed by atoms with Crippen LogP contribution < -0.4 is 11.1 Å². The van der Waals surface area contributed by atoms with Gasteiger partial charge in [-0.25, -0.2) is 5.10 Å². The van der Waals surface area contributed by atoms with Gasteiger partial charge in [0.05, 0.1) is 0 Å². The molecule has 1 aromatic rings. The molecule has 0 fully saturated rings. The zero-order valence-corrected chi connectivity index (χ0v) is 7.82. The van der Waals surface area contributed by atoms with E-state index in [1.54, 1.807) is 11.8 Å². The Hall–Kier alpha value is -0.750. The van der Waals surface area contributed by atoms with Gasteiger partial charge in [-0.3, -0.25) is 0 Å². The fourth-order valence-electron chi connectivity index (χ4n) is 0.735. The van der Waals surface area contributed by atoms with Crippen molar-refractivity contribution in [2.45, 2.75) is 11.6 Å². The maximum atomic E-state index is 5.35. The molecule has 5 nitrogen and oxygen atoms in total. The lowest BCUT2D eigenvalue weighted by Crippen LogP contribution is -2.08. The quantitative estimate of drug-likeness (QED) is 0.449.